The van der Waals surface area contributed by atoms with Crippen LogP contribution in [0.1, 0.15) is 126 Å². The smallest absolute Gasteiger partial charge is 0.308 e. The highest BCUT2D eigenvalue weighted by Gasteiger charge is 2.67. The number of esters is 2. The largest absolute Gasteiger partial charge is 0.423 e. The molecule has 250 valence electrons. The molecule has 4 aliphatic rings. The maximum atomic E-state index is 13.9. The van der Waals surface area contributed by atoms with Gasteiger partial charge in [-0.15, -0.1) is 0 Å². The molecule has 0 heterocycles. The van der Waals surface area contributed by atoms with Crippen molar-refractivity contribution in [3.05, 3.63) is 70.3 Å². The molecule has 3 fully saturated rings. The molecule has 1 unspecified atom stereocenters. The second-order valence-corrected chi connectivity index (χ2v) is 17.1. The van der Waals surface area contributed by atoms with E-state index in [4.69, 9.17) is 9.47 Å². The highest BCUT2D eigenvalue weighted by molar-refractivity contribution is 8.14. The molecule has 0 amide bonds. The minimum Gasteiger partial charge on any atom is -0.423 e. The first-order valence-electron chi connectivity index (χ1n) is 17.0. The SMILES string of the molecule is CC(=O)Oc1cc2c(c(C)c1OC(C)=O)C(SC(=O)c1ccccc1)C=C1[C@@]2(C)CC[C@@]2(C)[C@@H]3C[C@](C)(C=O)CC[C@]3(C)CC[C@]12C. The molecule has 4 aliphatic carbocycles. The number of fused-ring (bicyclic) bond motifs is 7. The fourth-order valence-corrected chi connectivity index (χ4v) is 11.3. The van der Waals surface area contributed by atoms with E-state index in [1.54, 1.807) is 0 Å². The van der Waals surface area contributed by atoms with E-state index in [2.05, 4.69) is 40.7 Å². The maximum absolute atomic E-state index is 13.9. The summed E-state index contributed by atoms with van der Waals surface area (Å²) in [4.78, 5) is 50.9. The van der Waals surface area contributed by atoms with Gasteiger partial charge in [0.2, 0.25) is 5.12 Å². The highest BCUT2D eigenvalue weighted by Crippen LogP contribution is 2.75. The Morgan fingerprint density at radius 3 is 2.17 bits per heavy atom. The van der Waals surface area contributed by atoms with Crippen molar-refractivity contribution in [2.45, 2.75) is 111 Å². The number of ether oxygens (including phenoxy) is 2. The topological polar surface area (TPSA) is 86.7 Å². The van der Waals surface area contributed by atoms with E-state index in [1.165, 1.54) is 37.5 Å². The Morgan fingerprint density at radius 2 is 1.53 bits per heavy atom. The fourth-order valence-electron chi connectivity index (χ4n) is 10.2. The van der Waals surface area contributed by atoms with Crippen molar-refractivity contribution in [1.29, 1.82) is 0 Å². The van der Waals surface area contributed by atoms with E-state index in [0.717, 1.165) is 56.1 Å². The Morgan fingerprint density at radius 1 is 0.872 bits per heavy atom. The number of aldehydes is 1. The van der Waals surface area contributed by atoms with Gasteiger partial charge in [0.25, 0.3) is 0 Å². The Bertz CT molecular complexity index is 1700. The maximum Gasteiger partial charge on any atom is 0.308 e. The molecule has 0 saturated heterocycles. The number of hydrogen-bond acceptors (Lipinski definition) is 7. The molecule has 0 radical (unpaired) electrons. The predicted molar refractivity (Wildman–Crippen MR) is 185 cm³/mol. The van der Waals surface area contributed by atoms with E-state index in [9.17, 15) is 19.2 Å². The molecule has 6 rings (SSSR count). The highest BCUT2D eigenvalue weighted by atomic mass is 32.2. The van der Waals surface area contributed by atoms with Crippen LogP contribution in [0.3, 0.4) is 0 Å². The van der Waals surface area contributed by atoms with Gasteiger partial charge < -0.3 is 14.3 Å². The van der Waals surface area contributed by atoms with Crippen LogP contribution in [0.15, 0.2) is 48.0 Å². The van der Waals surface area contributed by atoms with Crippen LogP contribution in [-0.2, 0) is 19.8 Å². The minimum atomic E-state index is -0.509. The average Bonchev–Trinajstić information content (AvgIpc) is 3.02. The summed E-state index contributed by atoms with van der Waals surface area (Å²) in [7, 11) is 0. The van der Waals surface area contributed by atoms with Gasteiger partial charge in [0.15, 0.2) is 11.5 Å². The lowest BCUT2D eigenvalue weighted by atomic mass is 9.34. The monoisotopic (exact) mass is 656 g/mol. The molecule has 0 N–H and O–H groups in total. The zero-order chi connectivity index (χ0) is 34.2. The quantitative estimate of drug-likeness (QED) is 0.137. The number of benzene rings is 2. The molecule has 7 heteroatoms. The summed E-state index contributed by atoms with van der Waals surface area (Å²) in [6, 6.07) is 11.2. The van der Waals surface area contributed by atoms with Gasteiger partial charge in [-0.2, -0.15) is 0 Å². The van der Waals surface area contributed by atoms with Gasteiger partial charge >= 0.3 is 11.9 Å². The van der Waals surface area contributed by atoms with Crippen LogP contribution in [0.2, 0.25) is 0 Å². The summed E-state index contributed by atoms with van der Waals surface area (Å²) < 4.78 is 11.4. The van der Waals surface area contributed by atoms with Gasteiger partial charge in [0, 0.05) is 35.8 Å². The predicted octanol–water partition coefficient (Wildman–Crippen LogP) is 9.27. The van der Waals surface area contributed by atoms with Gasteiger partial charge in [-0.05, 0) is 91.2 Å². The van der Waals surface area contributed by atoms with Crippen LogP contribution in [0.4, 0.5) is 0 Å². The minimum absolute atomic E-state index is 0.0338. The van der Waals surface area contributed by atoms with Gasteiger partial charge in [0.1, 0.15) is 6.29 Å². The molecule has 47 heavy (non-hydrogen) atoms. The second-order valence-electron chi connectivity index (χ2n) is 16.0. The van der Waals surface area contributed by atoms with Gasteiger partial charge in [-0.3, -0.25) is 14.4 Å². The Kier molecular flexibility index (Phi) is 8.22. The van der Waals surface area contributed by atoms with Crippen molar-refractivity contribution in [1.82, 2.24) is 0 Å². The summed E-state index contributed by atoms with van der Waals surface area (Å²) in [5, 5.41) is -0.381. The third-order valence-corrected chi connectivity index (χ3v) is 14.2. The van der Waals surface area contributed by atoms with Crippen LogP contribution in [0, 0.1) is 34.5 Å². The van der Waals surface area contributed by atoms with E-state index < -0.39 is 17.4 Å². The normalized spacial score (nSPS) is 35.6. The van der Waals surface area contributed by atoms with Gasteiger partial charge in [-0.25, -0.2) is 0 Å². The van der Waals surface area contributed by atoms with Crippen molar-refractivity contribution in [3.63, 3.8) is 0 Å². The molecule has 3 saturated carbocycles. The number of allylic oxidation sites excluding steroid dienone is 1. The summed E-state index contributed by atoms with van der Waals surface area (Å²) >= 11 is 1.28. The molecular weight excluding hydrogens is 609 g/mol. The lowest BCUT2D eigenvalue weighted by Gasteiger charge is -2.70. The van der Waals surface area contributed by atoms with Crippen LogP contribution in [0.25, 0.3) is 0 Å². The molecule has 6 nitrogen and oxygen atoms in total. The van der Waals surface area contributed by atoms with Crippen molar-refractivity contribution in [2.24, 2.45) is 27.6 Å². The van der Waals surface area contributed by atoms with Crippen molar-refractivity contribution < 1.29 is 28.7 Å². The first-order valence-corrected chi connectivity index (χ1v) is 17.9. The van der Waals surface area contributed by atoms with Gasteiger partial charge in [-0.1, -0.05) is 88.4 Å². The van der Waals surface area contributed by atoms with E-state index in [1.807, 2.05) is 43.3 Å². The van der Waals surface area contributed by atoms with Crippen LogP contribution in [0.5, 0.6) is 11.5 Å². The third-order valence-electron chi connectivity index (χ3n) is 13.1. The van der Waals surface area contributed by atoms with Crippen LogP contribution in [-0.4, -0.2) is 23.3 Å². The molecule has 0 spiro atoms. The van der Waals surface area contributed by atoms with Gasteiger partial charge in [0.05, 0.1) is 5.25 Å². The van der Waals surface area contributed by atoms with E-state index in [0.29, 0.717) is 17.0 Å². The Balaban J connectivity index is 1.56. The summed E-state index contributed by atoms with van der Waals surface area (Å²) in [6.45, 7) is 16.4. The molecule has 0 aliphatic heterocycles. The molecule has 2 aromatic carbocycles. The lowest BCUT2D eigenvalue weighted by Crippen LogP contribution is -2.62. The number of carbonyl (C=O) groups excluding carboxylic acids is 4. The first-order chi connectivity index (χ1) is 22.0. The molecule has 7 atom stereocenters. The lowest BCUT2D eigenvalue weighted by molar-refractivity contribution is -0.161. The molecule has 0 aromatic heterocycles. The summed E-state index contributed by atoms with van der Waals surface area (Å²) in [5.41, 5.74) is 3.83. The van der Waals surface area contributed by atoms with Crippen molar-refractivity contribution in [3.8, 4) is 11.5 Å². The molecule has 2 aromatic rings. The Labute approximate surface area is 283 Å². The van der Waals surface area contributed by atoms with E-state index >= 15 is 0 Å². The van der Waals surface area contributed by atoms with Crippen LogP contribution < -0.4 is 9.47 Å². The zero-order valence-corrected chi connectivity index (χ0v) is 29.9. The zero-order valence-electron chi connectivity index (χ0n) is 29.1. The van der Waals surface area contributed by atoms with E-state index in [-0.39, 0.29) is 43.5 Å². The summed E-state index contributed by atoms with van der Waals surface area (Å²) in [6.07, 6.45) is 10.4. The third kappa shape index (κ3) is 5.23. The fraction of sp³-hybridized carbons (Fsp3) is 0.550. The molecular formula is C40H48O6S. The summed E-state index contributed by atoms with van der Waals surface area (Å²) in [5.74, 6) is -0.171. The number of rotatable bonds is 5. The number of hydrogen-bond donors (Lipinski definition) is 0. The van der Waals surface area contributed by atoms with Crippen molar-refractivity contribution >= 4 is 35.1 Å². The van der Waals surface area contributed by atoms with Crippen molar-refractivity contribution in [2.75, 3.05) is 0 Å². The van der Waals surface area contributed by atoms with Crippen LogP contribution >= 0.6 is 11.8 Å². The second kappa shape index (κ2) is 11.5. The number of thioether (sulfide) groups is 1. The first kappa shape index (κ1) is 33.7. The Hall–Kier alpha value is -3.19. The standard InChI is InChI=1S/C40H48O6S/c1-24-33-28(20-29(45-25(2)42)34(24)46-26(3)43)38(6)17-19-40(8)32-22-36(4,23-41)14-15-37(32,5)16-18-39(40,7)31(38)21-30(33)47-35(44)27-12-10-9-11-13-27/h9-13,20-21,23,30,32H,14-19,22H2,1-8H3/t30?,32-,36-,37-,38+,39-,40+/m1/s1. The average molecular weight is 657 g/mol. The number of carbonyl (C=O) groups is 4. The molecule has 0 bridgehead atoms.